The lowest BCUT2D eigenvalue weighted by Gasteiger charge is -2.43. The highest BCUT2D eigenvalue weighted by atomic mass is 79.9. The van der Waals surface area contributed by atoms with E-state index in [-0.39, 0.29) is 71.7 Å². The van der Waals surface area contributed by atoms with Gasteiger partial charge in [0.2, 0.25) is 5.78 Å². The van der Waals surface area contributed by atoms with Crippen molar-refractivity contribution in [2.45, 2.75) is 312 Å². The maximum atomic E-state index is 13.0. The highest BCUT2D eigenvalue weighted by Crippen LogP contribution is 2.48. The molecule has 4 aromatic carbocycles. The molecule has 0 radical (unpaired) electrons. The van der Waals surface area contributed by atoms with Crippen molar-refractivity contribution in [2.75, 3.05) is 43.2 Å². The molecule has 3 fully saturated rings. The first kappa shape index (κ1) is 91.1. The number of aliphatic hydroxyl groups is 6. The van der Waals surface area contributed by atoms with Crippen molar-refractivity contribution in [1.29, 1.82) is 0 Å². The molecule has 3 saturated heterocycles. The third-order valence-electron chi connectivity index (χ3n) is 25.3. The Balaban J connectivity index is 0.000000149. The Morgan fingerprint density at radius 3 is 1.21 bits per heavy atom. The first-order valence-electron chi connectivity index (χ1n) is 41.0. The van der Waals surface area contributed by atoms with Crippen LogP contribution in [-0.2, 0) is 105 Å². The summed E-state index contributed by atoms with van der Waals surface area (Å²) in [5, 5.41) is 61.1. The number of carbonyl (C=O) groups is 2. The number of aliphatic hydroxyl groups excluding tert-OH is 6. The number of hydrogen-bond acceptors (Lipinski definition) is 20. The molecule has 3 aromatic heterocycles. The Morgan fingerprint density at radius 2 is 0.814 bits per heavy atom. The smallest absolute Gasteiger partial charge is 0.317 e. The van der Waals surface area contributed by atoms with Gasteiger partial charge in [0, 0.05) is 44.5 Å². The van der Waals surface area contributed by atoms with E-state index in [1.54, 1.807) is 32.4 Å². The highest BCUT2D eigenvalue weighted by Gasteiger charge is 2.45. The zero-order valence-electron chi connectivity index (χ0n) is 72.7. The van der Waals surface area contributed by atoms with E-state index in [1.807, 2.05) is 97.9 Å². The molecular formula is C90H122BrN7O20. The molecule has 8 aliphatic heterocycles. The van der Waals surface area contributed by atoms with Crippen molar-refractivity contribution in [3.05, 3.63) is 183 Å². The number of aromatic nitrogens is 6. The number of ether oxygens (including phenoxy) is 6. The van der Waals surface area contributed by atoms with E-state index in [4.69, 9.17) is 33.5 Å². The standard InChI is InChI=1S/C23H32N2O6.C23H30N2O4.C20H28N2O6.C16H19NO2.C8H13BrO2/c1-12-9-14-18-17(13(12)2)22(3,4)7-8-24(18)20(28)21(29)25(14)10-15(26)19(27)16-11-30-23(5,6)31-16;1-14-12-17-19-18(15(14)2)22(3,4)9-11-25(19)21(27)20(26)24(17)10-7-8-16-13-28-23(5,6)29-16;1-10-7-12-16-15(11(10)2)20(3,4)5-6-21(16)18(27)19(28)22(12)8-13(24)17(26)14(25)9-23;1-9-7-11-8-12(18)15(19)17-6-5-16(3,4)13(10(9)2)14(11)17;1-8(2)10-6-7(11-8)4-3-5-9/h9,15-16,19,26-27H,7-8,10-11H2,1-6H3;7-8,12,16H,9-11,13H2,1-6H3;7,13-14,17,23-26H,5-6,8-9H2,1-4H3;7H,5-6,8H2,1-4H3;3-4,7H,5-6H2,1-2H3/b;8-7-;;;4-3-/t15-,16+,19-;16-;13-,14+,17-;;7-/m000.0/s1. The molecule has 0 spiro atoms. The van der Waals surface area contributed by atoms with Crippen LogP contribution in [0.4, 0.5) is 5.69 Å². The SMILES string of the molecule is CC1(C)OC[C@H](/C=C\CBr)O1.Cc1cc2c3c(c1C)C(C)(C)CCN3C(=O)C(=O)C2.Cc1cc2c3c(c1C)C(C)(C)CCn3c(=O)c(=O)n2C/C=C\[C@H]1COC(C)(C)O1.Cc1cc2c3c(c1C)C(C)(C)CCn3c(=O)c(=O)n2C[C@H](O)[C@H](O)[C@H](O)CO.Cc1cc2c3c(c1C)C(C)(C)CCn3c(=O)c(=O)n2C[C@H](O)[C@H](O)[C@H]1COC(C)(C)O1. The van der Waals surface area contributed by atoms with Gasteiger partial charge in [-0.1, -0.05) is 102 Å². The molecule has 27 nitrogen and oxygen atoms in total. The van der Waals surface area contributed by atoms with Crippen LogP contribution in [0.3, 0.4) is 0 Å². The van der Waals surface area contributed by atoms with Gasteiger partial charge in [0.1, 0.15) is 48.8 Å². The minimum absolute atomic E-state index is 0.0422. The van der Waals surface area contributed by atoms with Gasteiger partial charge < -0.3 is 77.7 Å². The third-order valence-corrected chi connectivity index (χ3v) is 25.7. The molecule has 0 bridgehead atoms. The average Bonchev–Trinajstić information content (AvgIpc) is 0.877. The largest absolute Gasteiger partial charge is 0.394 e. The number of alkyl halides is 1. The van der Waals surface area contributed by atoms with Crippen LogP contribution in [0, 0.1) is 55.4 Å². The second-order valence-electron chi connectivity index (χ2n) is 37.1. The van der Waals surface area contributed by atoms with Crippen molar-refractivity contribution in [2.24, 2.45) is 0 Å². The van der Waals surface area contributed by atoms with Crippen LogP contribution in [0.1, 0.15) is 195 Å². The quantitative estimate of drug-likeness (QED) is 0.0337. The van der Waals surface area contributed by atoms with Crippen LogP contribution >= 0.6 is 15.9 Å². The summed E-state index contributed by atoms with van der Waals surface area (Å²) in [7, 11) is 0. The number of halogens is 1. The molecule has 7 aromatic rings. The van der Waals surface area contributed by atoms with E-state index in [2.05, 4.69) is 105 Å². The van der Waals surface area contributed by atoms with Crippen molar-refractivity contribution >= 4 is 66.4 Å². The second-order valence-corrected chi connectivity index (χ2v) is 37.7. The van der Waals surface area contributed by atoms with E-state index in [9.17, 15) is 63.9 Å². The van der Waals surface area contributed by atoms with Gasteiger partial charge in [0.15, 0.2) is 17.4 Å². The van der Waals surface area contributed by atoms with Gasteiger partial charge in [-0.15, -0.1) is 0 Å². The number of rotatable bonds is 14. The molecule has 8 aliphatic rings. The van der Waals surface area contributed by atoms with Gasteiger partial charge in [-0.25, -0.2) is 0 Å². The summed E-state index contributed by atoms with van der Waals surface area (Å²) in [6.07, 6.45) is 3.32. The van der Waals surface area contributed by atoms with Crippen molar-refractivity contribution < 1.29 is 68.6 Å². The lowest BCUT2D eigenvalue weighted by Crippen LogP contribution is -2.48. The van der Waals surface area contributed by atoms with Crippen LogP contribution in [0.2, 0.25) is 0 Å². The van der Waals surface area contributed by atoms with Crippen molar-refractivity contribution in [3.63, 3.8) is 0 Å². The van der Waals surface area contributed by atoms with Gasteiger partial charge in [-0.3, -0.25) is 52.1 Å². The fraction of sp³-hybridized carbons (Fsp3) is 0.600. The molecule has 644 valence electrons. The fourth-order valence-corrected chi connectivity index (χ4v) is 18.6. The lowest BCUT2D eigenvalue weighted by molar-refractivity contribution is -0.161. The van der Waals surface area contributed by atoms with Gasteiger partial charge in [0.05, 0.1) is 78.3 Å². The van der Waals surface area contributed by atoms with Crippen LogP contribution in [-0.4, -0.2) is 174 Å². The average molecular weight is 1700 g/mol. The van der Waals surface area contributed by atoms with E-state index in [0.717, 1.165) is 97.8 Å². The minimum atomic E-state index is -1.65. The molecular weight excluding hydrogens is 1580 g/mol. The maximum Gasteiger partial charge on any atom is 0.317 e. The summed E-state index contributed by atoms with van der Waals surface area (Å²) in [6.45, 7) is 47.3. The van der Waals surface area contributed by atoms with Crippen LogP contribution in [0.15, 0.2) is 77.3 Å². The third kappa shape index (κ3) is 17.7. The summed E-state index contributed by atoms with van der Waals surface area (Å²) in [6, 6.07) is 7.82. The predicted octanol–water partition coefficient (Wildman–Crippen LogP) is 8.57. The molecule has 0 unspecified atom stereocenters. The number of amides is 1. The Hall–Kier alpha value is -7.68. The van der Waals surface area contributed by atoms with Crippen LogP contribution in [0.25, 0.3) is 33.1 Å². The second kappa shape index (κ2) is 34.0. The maximum absolute atomic E-state index is 13.0. The molecule has 0 aliphatic carbocycles. The fourth-order valence-electron chi connectivity index (χ4n) is 18.3. The molecule has 0 saturated carbocycles. The first-order valence-corrected chi connectivity index (χ1v) is 42.1. The number of allylic oxidation sites excluding steroid dienone is 2. The Kier molecular flexibility index (Phi) is 26.2. The number of carbonyl (C=O) groups excluding carboxylic acids is 2. The normalized spacial score (nSPS) is 22.4. The lowest BCUT2D eigenvalue weighted by atomic mass is 9.72. The Labute approximate surface area is 696 Å². The number of hydrogen-bond donors (Lipinski definition) is 6. The molecule has 1 amide bonds. The summed E-state index contributed by atoms with van der Waals surface area (Å²) >= 11 is 3.30. The topological polar surface area (TPSA) is 346 Å². The van der Waals surface area contributed by atoms with Crippen LogP contribution in [0.5, 0.6) is 0 Å². The number of aryl methyl sites for hydroxylation is 7. The van der Waals surface area contributed by atoms with E-state index >= 15 is 0 Å². The number of nitrogens with zero attached hydrogens (tertiary/aromatic N) is 7. The summed E-state index contributed by atoms with van der Waals surface area (Å²) < 4.78 is 42.2. The highest BCUT2D eigenvalue weighted by molar-refractivity contribution is 9.09. The Morgan fingerprint density at radius 1 is 0.449 bits per heavy atom. The molecule has 8 atom stereocenters. The number of Topliss-reactive ketones (excluding diaryl/α,β-unsaturated/α-hetero) is 1. The van der Waals surface area contributed by atoms with E-state index in [1.165, 1.54) is 41.5 Å². The number of benzene rings is 4. The monoisotopic (exact) mass is 1700 g/mol. The summed E-state index contributed by atoms with van der Waals surface area (Å²) in [5.74, 6) is -2.44. The van der Waals surface area contributed by atoms with E-state index < -0.39 is 93.9 Å². The Bertz CT molecular complexity index is 5570. The van der Waals surface area contributed by atoms with Crippen LogP contribution < -0.4 is 38.3 Å². The van der Waals surface area contributed by atoms with Gasteiger partial charge in [0.25, 0.3) is 5.91 Å². The molecule has 11 heterocycles. The summed E-state index contributed by atoms with van der Waals surface area (Å²) in [4.78, 5) is 103. The molecule has 118 heavy (non-hydrogen) atoms. The van der Waals surface area contributed by atoms with E-state index in [0.29, 0.717) is 62.5 Å². The predicted molar refractivity (Wildman–Crippen MR) is 457 cm³/mol. The van der Waals surface area contributed by atoms with Gasteiger partial charge in [-0.05, 0) is 235 Å². The van der Waals surface area contributed by atoms with Crippen molar-refractivity contribution in [1.82, 2.24) is 27.4 Å². The molecule has 15 rings (SSSR count). The summed E-state index contributed by atoms with van der Waals surface area (Å²) in [5.41, 5.74) is 15.8. The zero-order valence-corrected chi connectivity index (χ0v) is 74.3. The van der Waals surface area contributed by atoms with Gasteiger partial charge in [-0.2, -0.15) is 0 Å². The molecule has 6 N–H and O–H groups in total. The zero-order chi connectivity index (χ0) is 87.2. The number of ketones is 1. The first-order chi connectivity index (χ1) is 54.8. The number of anilines is 1. The van der Waals surface area contributed by atoms with Crippen molar-refractivity contribution in [3.8, 4) is 0 Å². The van der Waals surface area contributed by atoms with Gasteiger partial charge >= 0.3 is 33.4 Å². The molecule has 28 heteroatoms. The minimum Gasteiger partial charge on any atom is -0.394 e.